The molecule has 38 heavy (non-hydrogen) atoms. The maximum atomic E-state index is 13.3. The van der Waals surface area contributed by atoms with Gasteiger partial charge in [-0.15, -0.1) is 0 Å². The molecule has 1 unspecified atom stereocenters. The summed E-state index contributed by atoms with van der Waals surface area (Å²) in [6.07, 6.45) is 0. The Morgan fingerprint density at radius 3 is 2.32 bits per heavy atom. The molecule has 8 nitrogen and oxygen atoms in total. The largest absolute Gasteiger partial charge is 0.463 e. The second-order valence-electron chi connectivity index (χ2n) is 8.96. The molecule has 3 amide bonds. The van der Waals surface area contributed by atoms with Gasteiger partial charge in [0.25, 0.3) is 5.91 Å². The van der Waals surface area contributed by atoms with E-state index in [1.54, 1.807) is 30.0 Å². The molecule has 0 aliphatic carbocycles. The van der Waals surface area contributed by atoms with Gasteiger partial charge in [-0.05, 0) is 55.8 Å². The van der Waals surface area contributed by atoms with E-state index in [0.717, 1.165) is 0 Å². The van der Waals surface area contributed by atoms with E-state index in [9.17, 15) is 18.8 Å². The Morgan fingerprint density at radius 2 is 1.71 bits per heavy atom. The van der Waals surface area contributed by atoms with Gasteiger partial charge in [0.15, 0.2) is 0 Å². The lowest BCUT2D eigenvalue weighted by atomic mass is 9.94. The van der Waals surface area contributed by atoms with Crippen molar-refractivity contribution in [1.82, 2.24) is 20.0 Å². The van der Waals surface area contributed by atoms with Crippen LogP contribution in [0.2, 0.25) is 10.0 Å². The first-order valence-electron chi connectivity index (χ1n) is 12.4. The Labute approximate surface area is 230 Å². The average Bonchev–Trinajstić information content (AvgIpc) is 2.90. The highest BCUT2D eigenvalue weighted by Gasteiger charge is 2.39. The van der Waals surface area contributed by atoms with Crippen LogP contribution < -0.4 is 5.32 Å². The van der Waals surface area contributed by atoms with E-state index in [-0.39, 0.29) is 18.5 Å². The molecule has 0 aromatic heterocycles. The smallest absolute Gasteiger partial charge is 0.338 e. The van der Waals surface area contributed by atoms with Crippen molar-refractivity contribution in [2.45, 2.75) is 19.9 Å². The zero-order valence-corrected chi connectivity index (χ0v) is 22.7. The molecule has 1 atom stereocenters. The monoisotopic (exact) mass is 562 g/mol. The summed E-state index contributed by atoms with van der Waals surface area (Å²) >= 11 is 12.3. The number of carbonyl (C=O) groups excluding carboxylic acids is 3. The molecule has 0 saturated carbocycles. The van der Waals surface area contributed by atoms with Gasteiger partial charge in [-0.3, -0.25) is 14.6 Å². The van der Waals surface area contributed by atoms with Crippen molar-refractivity contribution < 1.29 is 23.5 Å². The van der Waals surface area contributed by atoms with Crippen molar-refractivity contribution in [3.8, 4) is 0 Å². The fourth-order valence-corrected chi connectivity index (χ4v) is 5.00. The number of nitrogens with zero attached hydrogens (tertiary/aromatic N) is 3. The average molecular weight is 563 g/mol. The fraction of sp³-hybridized carbons (Fsp3) is 0.370. The van der Waals surface area contributed by atoms with Gasteiger partial charge in [-0.25, -0.2) is 14.0 Å². The lowest BCUT2D eigenvalue weighted by Gasteiger charge is -2.40. The molecule has 2 aliphatic rings. The Morgan fingerprint density at radius 1 is 1.03 bits per heavy atom. The molecule has 202 valence electrons. The van der Waals surface area contributed by atoms with E-state index in [1.165, 1.54) is 29.2 Å². The first-order valence-corrected chi connectivity index (χ1v) is 13.2. The van der Waals surface area contributed by atoms with Gasteiger partial charge < -0.3 is 15.0 Å². The number of urea groups is 1. The Bertz CT molecular complexity index is 1250. The molecule has 11 heteroatoms. The summed E-state index contributed by atoms with van der Waals surface area (Å²) in [6.45, 7) is 6.36. The molecule has 1 N–H and O–H groups in total. The molecule has 0 bridgehead atoms. The topological polar surface area (TPSA) is 82.2 Å². The van der Waals surface area contributed by atoms with Crippen molar-refractivity contribution in [3.63, 3.8) is 0 Å². The number of amides is 3. The molecule has 4 rings (SSSR count). The number of piperazine rings is 1. The molecule has 2 heterocycles. The van der Waals surface area contributed by atoms with Gasteiger partial charge in [-0.1, -0.05) is 29.3 Å². The van der Waals surface area contributed by atoms with Crippen LogP contribution in [0.1, 0.15) is 35.8 Å². The van der Waals surface area contributed by atoms with Crippen LogP contribution in [0.5, 0.6) is 0 Å². The predicted molar refractivity (Wildman–Crippen MR) is 143 cm³/mol. The maximum Gasteiger partial charge on any atom is 0.338 e. The number of benzene rings is 2. The third kappa shape index (κ3) is 5.95. The summed E-state index contributed by atoms with van der Waals surface area (Å²) in [6, 6.07) is 9.36. The van der Waals surface area contributed by atoms with E-state index in [4.69, 9.17) is 27.9 Å². The van der Waals surface area contributed by atoms with Gasteiger partial charge >= 0.3 is 12.0 Å². The van der Waals surface area contributed by atoms with E-state index < -0.39 is 17.8 Å². The quantitative estimate of drug-likeness (QED) is 0.502. The fourth-order valence-electron chi connectivity index (χ4n) is 4.70. The SMILES string of the molecule is CCOC(=O)C1=C(CN2CCN(C(=O)c3ccc(F)cc3)CC2)N(CC)C(=O)NC1c1ccc(Cl)c(Cl)c1. The van der Waals surface area contributed by atoms with Crippen LogP contribution in [-0.2, 0) is 9.53 Å². The summed E-state index contributed by atoms with van der Waals surface area (Å²) in [4.78, 5) is 44.6. The van der Waals surface area contributed by atoms with Gasteiger partial charge in [-0.2, -0.15) is 0 Å². The normalized spacial score (nSPS) is 18.4. The van der Waals surface area contributed by atoms with E-state index in [1.807, 2.05) is 6.92 Å². The Balaban J connectivity index is 1.60. The van der Waals surface area contributed by atoms with Crippen molar-refractivity contribution >= 4 is 41.1 Å². The first-order chi connectivity index (χ1) is 18.2. The lowest BCUT2D eigenvalue weighted by molar-refractivity contribution is -0.139. The molecule has 2 aliphatic heterocycles. The molecule has 2 aromatic rings. The van der Waals surface area contributed by atoms with E-state index >= 15 is 0 Å². The third-order valence-electron chi connectivity index (χ3n) is 6.65. The predicted octanol–water partition coefficient (Wildman–Crippen LogP) is 4.49. The molecular formula is C27H29Cl2FN4O4. The molecule has 1 fully saturated rings. The van der Waals surface area contributed by atoms with Crippen LogP contribution in [0.3, 0.4) is 0 Å². The molecule has 0 spiro atoms. The zero-order valence-electron chi connectivity index (χ0n) is 21.2. The number of hydrogen-bond acceptors (Lipinski definition) is 5. The summed E-state index contributed by atoms with van der Waals surface area (Å²) < 4.78 is 18.7. The van der Waals surface area contributed by atoms with Gasteiger partial charge in [0.1, 0.15) is 5.82 Å². The van der Waals surface area contributed by atoms with Crippen molar-refractivity contribution in [2.24, 2.45) is 0 Å². The molecule has 2 aromatic carbocycles. The summed E-state index contributed by atoms with van der Waals surface area (Å²) in [5, 5.41) is 3.58. The molecular weight excluding hydrogens is 534 g/mol. The molecule has 0 radical (unpaired) electrons. The van der Waals surface area contributed by atoms with Crippen LogP contribution in [0, 0.1) is 5.82 Å². The van der Waals surface area contributed by atoms with Gasteiger partial charge in [0.2, 0.25) is 0 Å². The second-order valence-corrected chi connectivity index (χ2v) is 9.77. The Kier molecular flexibility index (Phi) is 8.91. The number of halogens is 3. The highest BCUT2D eigenvalue weighted by molar-refractivity contribution is 6.42. The lowest BCUT2D eigenvalue weighted by Crippen LogP contribution is -2.53. The second kappa shape index (κ2) is 12.1. The van der Waals surface area contributed by atoms with Gasteiger partial charge in [0, 0.05) is 50.5 Å². The van der Waals surface area contributed by atoms with Crippen molar-refractivity contribution in [1.29, 1.82) is 0 Å². The minimum atomic E-state index is -0.768. The highest BCUT2D eigenvalue weighted by Crippen LogP contribution is 2.35. The van der Waals surface area contributed by atoms with Crippen molar-refractivity contribution in [3.05, 3.63) is 80.7 Å². The maximum absolute atomic E-state index is 13.3. The number of nitrogens with one attached hydrogen (secondary N) is 1. The van der Waals surface area contributed by atoms with Crippen LogP contribution >= 0.6 is 23.2 Å². The minimum Gasteiger partial charge on any atom is -0.463 e. The number of esters is 1. The third-order valence-corrected chi connectivity index (χ3v) is 7.39. The Hall–Kier alpha value is -3.14. The van der Waals surface area contributed by atoms with Crippen LogP contribution in [0.25, 0.3) is 0 Å². The number of carbonyl (C=O) groups is 3. The number of rotatable bonds is 7. The highest BCUT2D eigenvalue weighted by atomic mass is 35.5. The zero-order chi connectivity index (χ0) is 27.4. The minimum absolute atomic E-state index is 0.164. The van der Waals surface area contributed by atoms with Gasteiger partial charge in [0.05, 0.1) is 28.3 Å². The summed E-state index contributed by atoms with van der Waals surface area (Å²) in [5.74, 6) is -1.08. The van der Waals surface area contributed by atoms with E-state index in [2.05, 4.69) is 10.2 Å². The molecule has 1 saturated heterocycles. The standard InChI is InChI=1S/C27H29Cl2FN4O4/c1-3-34-22(16-32-11-13-33(14-12-32)25(35)17-5-8-19(30)9-6-17)23(26(36)38-4-2)24(31-27(34)37)18-7-10-20(28)21(29)15-18/h5-10,15,24H,3-4,11-14,16H2,1-2H3,(H,31,37). The van der Waals surface area contributed by atoms with Crippen LogP contribution in [0.15, 0.2) is 53.7 Å². The van der Waals surface area contributed by atoms with Crippen LogP contribution in [-0.4, -0.2) is 78.5 Å². The number of likely N-dealkylation sites (N-methyl/N-ethyl adjacent to an activating group) is 1. The van der Waals surface area contributed by atoms with Crippen molar-refractivity contribution in [2.75, 3.05) is 45.9 Å². The number of hydrogen-bond donors (Lipinski definition) is 1. The number of ether oxygens (including phenoxy) is 1. The first kappa shape index (κ1) is 27.9. The van der Waals surface area contributed by atoms with E-state index in [0.29, 0.717) is 71.7 Å². The summed E-state index contributed by atoms with van der Waals surface area (Å²) in [5.41, 5.74) is 1.91. The summed E-state index contributed by atoms with van der Waals surface area (Å²) in [7, 11) is 0. The van der Waals surface area contributed by atoms with Crippen LogP contribution in [0.4, 0.5) is 9.18 Å².